The summed E-state index contributed by atoms with van der Waals surface area (Å²) in [4.78, 5) is 14.2. The molecule has 0 N–H and O–H groups in total. The fraction of sp³-hybridized carbons (Fsp3) is 0.467. The molecular formula is C15H16N2O. The molecule has 0 spiro atoms. The first-order chi connectivity index (χ1) is 8.79. The number of hydrogen-bond acceptors (Lipinski definition) is 3. The number of nitriles is 1. The number of fused-ring (bicyclic) bond motifs is 2. The number of rotatable bonds is 2. The van der Waals surface area contributed by atoms with Crippen molar-refractivity contribution in [2.24, 2.45) is 5.92 Å². The molecule has 0 saturated carbocycles. The first-order valence-corrected chi connectivity index (χ1v) is 6.51. The Kier molecular flexibility index (Phi) is 2.89. The SMILES string of the molecule is N#CC1CC2C(=O)CCC1N2Cc1ccccc1. The number of carbonyl (C=O) groups is 1. The van der Waals surface area contributed by atoms with Crippen molar-refractivity contribution in [1.29, 1.82) is 5.26 Å². The standard InChI is InChI=1S/C15H16N2O/c16-9-12-8-14-15(18)7-6-13(12)17(14)10-11-4-2-1-3-5-11/h1-5,12-14H,6-8,10H2. The van der Waals surface area contributed by atoms with Crippen LogP contribution in [0.25, 0.3) is 0 Å². The molecule has 0 aromatic heterocycles. The number of carbonyl (C=O) groups excluding carboxylic acids is 1. The van der Waals surface area contributed by atoms with E-state index in [0.29, 0.717) is 12.2 Å². The summed E-state index contributed by atoms with van der Waals surface area (Å²) in [6.07, 6.45) is 2.23. The number of nitrogens with zero attached hydrogens (tertiary/aromatic N) is 2. The molecule has 1 aromatic carbocycles. The van der Waals surface area contributed by atoms with Crippen LogP contribution in [0.4, 0.5) is 0 Å². The third kappa shape index (κ3) is 1.83. The van der Waals surface area contributed by atoms with Crippen molar-refractivity contribution in [3.05, 3.63) is 35.9 Å². The second kappa shape index (κ2) is 4.55. The maximum absolute atomic E-state index is 12.0. The first kappa shape index (κ1) is 11.4. The van der Waals surface area contributed by atoms with Gasteiger partial charge in [0.1, 0.15) is 5.78 Å². The van der Waals surface area contributed by atoms with Crippen LogP contribution in [0, 0.1) is 17.2 Å². The van der Waals surface area contributed by atoms with Crippen molar-refractivity contribution < 1.29 is 4.79 Å². The number of ketones is 1. The highest BCUT2D eigenvalue weighted by Gasteiger charge is 2.47. The summed E-state index contributed by atoms with van der Waals surface area (Å²) in [6.45, 7) is 0.792. The van der Waals surface area contributed by atoms with Crippen LogP contribution in [0.1, 0.15) is 24.8 Å². The van der Waals surface area contributed by atoms with E-state index >= 15 is 0 Å². The predicted octanol–water partition coefficient (Wildman–Crippen LogP) is 2.13. The van der Waals surface area contributed by atoms with Crippen molar-refractivity contribution in [2.45, 2.75) is 37.9 Å². The Bertz CT molecular complexity index is 491. The van der Waals surface area contributed by atoms with Crippen LogP contribution in [0.15, 0.2) is 30.3 Å². The predicted molar refractivity (Wildman–Crippen MR) is 67.5 cm³/mol. The van der Waals surface area contributed by atoms with Gasteiger partial charge in [-0.2, -0.15) is 5.26 Å². The third-order valence-corrected chi connectivity index (χ3v) is 4.20. The molecule has 3 nitrogen and oxygen atoms in total. The molecule has 92 valence electrons. The molecule has 2 aliphatic rings. The Balaban J connectivity index is 1.84. The molecule has 18 heavy (non-hydrogen) atoms. The normalized spacial score (nSPS) is 31.3. The summed E-state index contributed by atoms with van der Waals surface area (Å²) in [7, 11) is 0. The van der Waals surface area contributed by atoms with E-state index in [2.05, 4.69) is 23.1 Å². The zero-order chi connectivity index (χ0) is 12.5. The van der Waals surface area contributed by atoms with E-state index in [1.165, 1.54) is 5.56 Å². The maximum atomic E-state index is 12.0. The molecule has 3 atom stereocenters. The van der Waals surface area contributed by atoms with Gasteiger partial charge >= 0.3 is 0 Å². The lowest BCUT2D eigenvalue weighted by atomic mass is 9.98. The van der Waals surface area contributed by atoms with E-state index in [0.717, 1.165) is 19.4 Å². The highest BCUT2D eigenvalue weighted by atomic mass is 16.1. The topological polar surface area (TPSA) is 44.1 Å². The number of hydrogen-bond donors (Lipinski definition) is 0. The molecule has 0 amide bonds. The zero-order valence-corrected chi connectivity index (χ0v) is 10.2. The number of piperidine rings is 1. The average Bonchev–Trinajstić information content (AvgIpc) is 2.65. The van der Waals surface area contributed by atoms with Gasteiger partial charge in [0.15, 0.2) is 0 Å². The Morgan fingerprint density at radius 3 is 2.83 bits per heavy atom. The van der Waals surface area contributed by atoms with Crippen molar-refractivity contribution in [1.82, 2.24) is 4.90 Å². The summed E-state index contributed by atoms with van der Waals surface area (Å²) in [5.74, 6) is 0.352. The van der Waals surface area contributed by atoms with Gasteiger partial charge in [0.05, 0.1) is 18.0 Å². The van der Waals surface area contributed by atoms with Crippen LogP contribution >= 0.6 is 0 Å². The van der Waals surface area contributed by atoms with Crippen LogP contribution in [0.3, 0.4) is 0 Å². The van der Waals surface area contributed by atoms with Gasteiger partial charge in [0.2, 0.25) is 0 Å². The molecule has 0 aliphatic carbocycles. The second-order valence-electron chi connectivity index (χ2n) is 5.22. The minimum absolute atomic E-state index is 0.0198. The molecule has 2 fully saturated rings. The molecule has 3 rings (SSSR count). The Morgan fingerprint density at radius 2 is 2.11 bits per heavy atom. The molecule has 2 heterocycles. The quantitative estimate of drug-likeness (QED) is 0.795. The molecular weight excluding hydrogens is 224 g/mol. The van der Waals surface area contributed by atoms with Gasteiger partial charge in [0.25, 0.3) is 0 Å². The van der Waals surface area contributed by atoms with Crippen LogP contribution < -0.4 is 0 Å². The van der Waals surface area contributed by atoms with E-state index in [1.807, 2.05) is 18.2 Å². The van der Waals surface area contributed by atoms with Gasteiger partial charge < -0.3 is 0 Å². The van der Waals surface area contributed by atoms with E-state index in [-0.39, 0.29) is 18.0 Å². The van der Waals surface area contributed by atoms with Gasteiger partial charge in [-0.3, -0.25) is 9.69 Å². The van der Waals surface area contributed by atoms with Crippen LogP contribution in [-0.4, -0.2) is 22.8 Å². The van der Waals surface area contributed by atoms with E-state index in [4.69, 9.17) is 0 Å². The summed E-state index contributed by atoms with van der Waals surface area (Å²) < 4.78 is 0. The van der Waals surface area contributed by atoms with Crippen molar-refractivity contribution >= 4 is 5.78 Å². The number of benzene rings is 1. The van der Waals surface area contributed by atoms with Gasteiger partial charge in [-0.05, 0) is 18.4 Å². The van der Waals surface area contributed by atoms with Crippen molar-refractivity contribution in [3.63, 3.8) is 0 Å². The van der Waals surface area contributed by atoms with E-state index in [9.17, 15) is 10.1 Å². The van der Waals surface area contributed by atoms with Crippen LogP contribution in [0.5, 0.6) is 0 Å². The third-order valence-electron chi connectivity index (χ3n) is 4.20. The largest absolute Gasteiger partial charge is 0.298 e. The minimum atomic E-state index is -0.0198. The van der Waals surface area contributed by atoms with Crippen molar-refractivity contribution in [2.75, 3.05) is 0 Å². The Labute approximate surface area is 107 Å². The molecule has 2 saturated heterocycles. The highest BCUT2D eigenvalue weighted by Crippen LogP contribution is 2.38. The van der Waals surface area contributed by atoms with Crippen LogP contribution in [-0.2, 0) is 11.3 Å². The monoisotopic (exact) mass is 240 g/mol. The fourth-order valence-electron chi connectivity index (χ4n) is 3.30. The van der Waals surface area contributed by atoms with Crippen LogP contribution in [0.2, 0.25) is 0 Å². The van der Waals surface area contributed by atoms with Gasteiger partial charge in [0, 0.05) is 19.0 Å². The Morgan fingerprint density at radius 1 is 1.33 bits per heavy atom. The Hall–Kier alpha value is -1.66. The lowest BCUT2D eigenvalue weighted by Gasteiger charge is -2.34. The number of Topliss-reactive ketones (excluding diaryl/α,β-unsaturated/α-hetero) is 1. The van der Waals surface area contributed by atoms with Gasteiger partial charge in [-0.25, -0.2) is 0 Å². The minimum Gasteiger partial charge on any atom is -0.298 e. The van der Waals surface area contributed by atoms with E-state index < -0.39 is 0 Å². The molecule has 2 bridgehead atoms. The average molecular weight is 240 g/mol. The highest BCUT2D eigenvalue weighted by molar-refractivity contribution is 5.85. The van der Waals surface area contributed by atoms with Gasteiger partial charge in [-0.1, -0.05) is 30.3 Å². The fourth-order valence-corrected chi connectivity index (χ4v) is 3.30. The summed E-state index contributed by atoms with van der Waals surface area (Å²) >= 11 is 0. The summed E-state index contributed by atoms with van der Waals surface area (Å²) in [5, 5.41) is 9.20. The zero-order valence-electron chi connectivity index (χ0n) is 10.2. The lowest BCUT2D eigenvalue weighted by molar-refractivity contribution is -0.126. The van der Waals surface area contributed by atoms with Crippen molar-refractivity contribution in [3.8, 4) is 6.07 Å². The smallest absolute Gasteiger partial charge is 0.150 e. The second-order valence-corrected chi connectivity index (χ2v) is 5.22. The lowest BCUT2D eigenvalue weighted by Crippen LogP contribution is -2.45. The maximum Gasteiger partial charge on any atom is 0.150 e. The molecule has 2 aliphatic heterocycles. The first-order valence-electron chi connectivity index (χ1n) is 6.51. The summed E-state index contributed by atoms with van der Waals surface area (Å²) in [6, 6.07) is 12.8. The molecule has 3 unspecified atom stereocenters. The van der Waals surface area contributed by atoms with E-state index in [1.54, 1.807) is 0 Å². The van der Waals surface area contributed by atoms with Gasteiger partial charge in [-0.15, -0.1) is 0 Å². The molecule has 0 radical (unpaired) electrons. The molecule has 3 heteroatoms. The molecule has 1 aromatic rings. The summed E-state index contributed by atoms with van der Waals surface area (Å²) in [5.41, 5.74) is 1.22.